The lowest BCUT2D eigenvalue weighted by molar-refractivity contribution is 0.124. The fourth-order valence-electron chi connectivity index (χ4n) is 1.90. The molecular weight excluding hydrogens is 236 g/mol. The molecule has 0 aliphatic rings. The summed E-state index contributed by atoms with van der Waals surface area (Å²) in [6, 6.07) is 16.1. The SMILES string of the molecule is [CH2]c1ccccc1CCOCc1ccc(OC)cc1. The van der Waals surface area contributed by atoms with Crippen LogP contribution in [0.3, 0.4) is 0 Å². The highest BCUT2D eigenvalue weighted by Gasteiger charge is 1.98. The summed E-state index contributed by atoms with van der Waals surface area (Å²) < 4.78 is 10.8. The summed E-state index contributed by atoms with van der Waals surface area (Å²) >= 11 is 0. The number of methoxy groups -OCH3 is 1. The van der Waals surface area contributed by atoms with Gasteiger partial charge < -0.3 is 9.47 Å². The van der Waals surface area contributed by atoms with Gasteiger partial charge in [0.15, 0.2) is 0 Å². The van der Waals surface area contributed by atoms with Gasteiger partial charge in [0.2, 0.25) is 0 Å². The molecule has 19 heavy (non-hydrogen) atoms. The highest BCUT2D eigenvalue weighted by atomic mass is 16.5. The third kappa shape index (κ3) is 4.11. The molecule has 0 aliphatic heterocycles. The average molecular weight is 255 g/mol. The van der Waals surface area contributed by atoms with Crippen molar-refractivity contribution in [3.8, 4) is 5.75 Å². The summed E-state index contributed by atoms with van der Waals surface area (Å²) in [5.74, 6) is 0.870. The first-order valence-electron chi connectivity index (χ1n) is 6.40. The molecule has 0 amide bonds. The lowest BCUT2D eigenvalue weighted by atomic mass is 10.1. The van der Waals surface area contributed by atoms with Crippen LogP contribution in [-0.4, -0.2) is 13.7 Å². The topological polar surface area (TPSA) is 18.5 Å². The highest BCUT2D eigenvalue weighted by molar-refractivity contribution is 5.29. The Balaban J connectivity index is 1.76. The Hall–Kier alpha value is -1.80. The van der Waals surface area contributed by atoms with Crippen LogP contribution in [0.5, 0.6) is 5.75 Å². The van der Waals surface area contributed by atoms with E-state index in [1.54, 1.807) is 7.11 Å². The minimum atomic E-state index is 0.628. The summed E-state index contributed by atoms with van der Waals surface area (Å²) in [5, 5.41) is 0. The number of hydrogen-bond acceptors (Lipinski definition) is 2. The zero-order chi connectivity index (χ0) is 13.5. The van der Waals surface area contributed by atoms with Gasteiger partial charge in [-0.1, -0.05) is 36.4 Å². The van der Waals surface area contributed by atoms with Gasteiger partial charge in [0, 0.05) is 0 Å². The van der Waals surface area contributed by atoms with E-state index in [0.717, 1.165) is 23.3 Å². The summed E-state index contributed by atoms with van der Waals surface area (Å²) in [6.45, 7) is 5.34. The molecule has 2 rings (SSSR count). The van der Waals surface area contributed by atoms with Crippen molar-refractivity contribution in [3.05, 3.63) is 72.1 Å². The molecule has 0 spiro atoms. The predicted molar refractivity (Wildman–Crippen MR) is 77.3 cm³/mol. The first-order valence-corrected chi connectivity index (χ1v) is 6.40. The van der Waals surface area contributed by atoms with Crippen LogP contribution in [0.4, 0.5) is 0 Å². The Morgan fingerprint density at radius 1 is 1.00 bits per heavy atom. The van der Waals surface area contributed by atoms with Crippen LogP contribution in [0.2, 0.25) is 0 Å². The minimum absolute atomic E-state index is 0.628. The van der Waals surface area contributed by atoms with Gasteiger partial charge in [0.1, 0.15) is 5.75 Å². The summed E-state index contributed by atoms with van der Waals surface area (Å²) in [5.41, 5.74) is 3.48. The van der Waals surface area contributed by atoms with E-state index in [0.29, 0.717) is 13.2 Å². The number of rotatable bonds is 6. The van der Waals surface area contributed by atoms with Gasteiger partial charge in [-0.2, -0.15) is 0 Å². The second-order valence-electron chi connectivity index (χ2n) is 4.42. The number of benzene rings is 2. The Bertz CT molecular complexity index is 503. The smallest absolute Gasteiger partial charge is 0.118 e. The molecule has 0 saturated carbocycles. The second kappa shape index (κ2) is 6.95. The van der Waals surface area contributed by atoms with Crippen molar-refractivity contribution in [1.29, 1.82) is 0 Å². The van der Waals surface area contributed by atoms with Crippen molar-refractivity contribution >= 4 is 0 Å². The molecule has 0 aromatic heterocycles. The molecule has 0 bridgehead atoms. The molecule has 0 unspecified atom stereocenters. The van der Waals surface area contributed by atoms with Crippen LogP contribution in [0.25, 0.3) is 0 Å². The van der Waals surface area contributed by atoms with E-state index in [-0.39, 0.29) is 0 Å². The van der Waals surface area contributed by atoms with Gasteiger partial charge in [-0.05, 0) is 42.2 Å². The third-order valence-electron chi connectivity index (χ3n) is 3.06. The van der Waals surface area contributed by atoms with E-state index >= 15 is 0 Å². The van der Waals surface area contributed by atoms with Crippen molar-refractivity contribution in [2.45, 2.75) is 13.0 Å². The fourth-order valence-corrected chi connectivity index (χ4v) is 1.90. The van der Waals surface area contributed by atoms with Crippen molar-refractivity contribution in [2.75, 3.05) is 13.7 Å². The van der Waals surface area contributed by atoms with Crippen LogP contribution in [0, 0.1) is 6.92 Å². The monoisotopic (exact) mass is 255 g/mol. The van der Waals surface area contributed by atoms with Gasteiger partial charge in [0.05, 0.1) is 20.3 Å². The zero-order valence-electron chi connectivity index (χ0n) is 11.3. The van der Waals surface area contributed by atoms with Crippen LogP contribution in [0.1, 0.15) is 16.7 Å². The Labute approximate surface area is 115 Å². The minimum Gasteiger partial charge on any atom is -0.497 e. The molecule has 2 aromatic rings. The number of hydrogen-bond donors (Lipinski definition) is 0. The normalized spacial score (nSPS) is 10.4. The van der Waals surface area contributed by atoms with E-state index in [9.17, 15) is 0 Å². The molecule has 2 heteroatoms. The van der Waals surface area contributed by atoms with Gasteiger partial charge in [0.25, 0.3) is 0 Å². The van der Waals surface area contributed by atoms with Crippen LogP contribution >= 0.6 is 0 Å². The molecule has 0 fully saturated rings. The highest BCUT2D eigenvalue weighted by Crippen LogP contribution is 2.12. The first-order chi connectivity index (χ1) is 9.29. The Morgan fingerprint density at radius 3 is 2.42 bits per heavy atom. The molecule has 99 valence electrons. The molecule has 0 heterocycles. The van der Waals surface area contributed by atoms with Gasteiger partial charge in [-0.3, -0.25) is 0 Å². The van der Waals surface area contributed by atoms with Crippen molar-refractivity contribution in [2.24, 2.45) is 0 Å². The molecular formula is C17H19O2. The van der Waals surface area contributed by atoms with Gasteiger partial charge in [-0.15, -0.1) is 0 Å². The molecule has 0 aliphatic carbocycles. The quantitative estimate of drug-likeness (QED) is 0.734. The van der Waals surface area contributed by atoms with Crippen LogP contribution in [-0.2, 0) is 17.8 Å². The molecule has 0 saturated heterocycles. The molecule has 1 radical (unpaired) electrons. The second-order valence-corrected chi connectivity index (χ2v) is 4.42. The standard InChI is InChI=1S/C17H19O2/c1-14-5-3-4-6-16(14)11-12-19-13-15-7-9-17(18-2)10-8-15/h3-10H,1,11-13H2,2H3. The summed E-state index contributed by atoms with van der Waals surface area (Å²) in [4.78, 5) is 0. The van der Waals surface area contributed by atoms with E-state index < -0.39 is 0 Å². The average Bonchev–Trinajstić information content (AvgIpc) is 2.46. The van der Waals surface area contributed by atoms with Crippen molar-refractivity contribution < 1.29 is 9.47 Å². The fraction of sp³-hybridized carbons (Fsp3) is 0.235. The zero-order valence-corrected chi connectivity index (χ0v) is 11.3. The van der Waals surface area contributed by atoms with Crippen molar-refractivity contribution in [1.82, 2.24) is 0 Å². The van der Waals surface area contributed by atoms with E-state index in [2.05, 4.69) is 13.0 Å². The van der Waals surface area contributed by atoms with E-state index in [1.165, 1.54) is 5.56 Å². The Morgan fingerprint density at radius 2 is 1.74 bits per heavy atom. The van der Waals surface area contributed by atoms with Gasteiger partial charge >= 0.3 is 0 Å². The van der Waals surface area contributed by atoms with E-state index in [4.69, 9.17) is 9.47 Å². The maximum atomic E-state index is 5.68. The molecule has 0 N–H and O–H groups in total. The van der Waals surface area contributed by atoms with E-state index in [1.807, 2.05) is 42.5 Å². The lowest BCUT2D eigenvalue weighted by Crippen LogP contribution is -2.00. The number of ether oxygens (including phenoxy) is 2. The van der Waals surface area contributed by atoms with Crippen molar-refractivity contribution in [3.63, 3.8) is 0 Å². The Kier molecular flexibility index (Phi) is 4.99. The van der Waals surface area contributed by atoms with Crippen LogP contribution in [0.15, 0.2) is 48.5 Å². The first kappa shape index (κ1) is 13.6. The maximum Gasteiger partial charge on any atom is 0.118 e. The summed E-state index contributed by atoms with van der Waals surface area (Å²) in [6.07, 6.45) is 0.899. The largest absolute Gasteiger partial charge is 0.497 e. The molecule has 2 aromatic carbocycles. The molecule has 2 nitrogen and oxygen atoms in total. The van der Waals surface area contributed by atoms with Gasteiger partial charge in [-0.25, -0.2) is 0 Å². The maximum absolute atomic E-state index is 5.68. The lowest BCUT2D eigenvalue weighted by Gasteiger charge is -2.07. The third-order valence-corrected chi connectivity index (χ3v) is 3.06. The predicted octanol–water partition coefficient (Wildman–Crippen LogP) is 3.64. The van der Waals surface area contributed by atoms with Crippen LogP contribution < -0.4 is 4.74 Å². The molecule has 0 atom stereocenters. The summed E-state index contributed by atoms with van der Waals surface area (Å²) in [7, 11) is 1.67.